The molecule has 8 heteroatoms. The van der Waals surface area contributed by atoms with Gasteiger partial charge < -0.3 is 15.4 Å². The van der Waals surface area contributed by atoms with Gasteiger partial charge >= 0.3 is 6.09 Å². The molecule has 0 atom stereocenters. The van der Waals surface area contributed by atoms with Gasteiger partial charge in [0.1, 0.15) is 16.8 Å². The summed E-state index contributed by atoms with van der Waals surface area (Å²) in [7, 11) is 0. The summed E-state index contributed by atoms with van der Waals surface area (Å²) in [5.74, 6) is -0.553. The summed E-state index contributed by atoms with van der Waals surface area (Å²) in [6, 6.07) is 2.94. The van der Waals surface area contributed by atoms with Crippen molar-refractivity contribution in [2.75, 3.05) is 5.32 Å². The minimum Gasteiger partial charge on any atom is -0.444 e. The third-order valence-corrected chi connectivity index (χ3v) is 4.13. The topological polar surface area (TPSA) is 87.0 Å². The molecule has 2 rings (SSSR count). The number of hydrogen-bond donors (Lipinski definition) is 2. The number of nitriles is 1. The number of aromatic nitrogens is 1. The molecule has 1 aromatic heterocycles. The van der Waals surface area contributed by atoms with E-state index in [0.29, 0.717) is 0 Å². The van der Waals surface area contributed by atoms with Crippen LogP contribution in [-0.2, 0) is 4.74 Å². The van der Waals surface area contributed by atoms with E-state index in [-0.39, 0.29) is 28.6 Å². The number of hydrogen-bond acceptors (Lipinski definition) is 5. The van der Waals surface area contributed by atoms with Gasteiger partial charge in [-0.15, -0.1) is 0 Å². The number of rotatable bonds is 3. The Bertz CT molecular complexity index is 676. The fourth-order valence-corrected chi connectivity index (χ4v) is 2.88. The van der Waals surface area contributed by atoms with Crippen molar-refractivity contribution in [1.82, 2.24) is 10.3 Å². The zero-order valence-corrected chi connectivity index (χ0v) is 15.3. The Balaban J connectivity index is 1.86. The predicted molar refractivity (Wildman–Crippen MR) is 93.0 cm³/mol. The number of nitrogens with one attached hydrogen (secondary N) is 2. The number of anilines is 1. The van der Waals surface area contributed by atoms with Crippen molar-refractivity contribution in [2.24, 2.45) is 0 Å². The van der Waals surface area contributed by atoms with Crippen molar-refractivity contribution in [3.05, 3.63) is 22.6 Å². The Kier molecular flexibility index (Phi) is 6.07. The molecule has 2 N–H and O–H groups in total. The normalized spacial score (nSPS) is 20.5. The van der Waals surface area contributed by atoms with Crippen LogP contribution in [0.15, 0.2) is 6.07 Å². The molecule has 0 radical (unpaired) electrons. The van der Waals surface area contributed by atoms with Crippen LogP contribution in [-0.4, -0.2) is 28.8 Å². The Labute approximate surface area is 151 Å². The van der Waals surface area contributed by atoms with E-state index in [0.717, 1.165) is 31.7 Å². The molecule has 1 aliphatic rings. The van der Waals surface area contributed by atoms with Gasteiger partial charge in [-0.2, -0.15) is 5.26 Å². The molecule has 6 nitrogen and oxygen atoms in total. The molecule has 1 saturated carbocycles. The first-order chi connectivity index (χ1) is 11.7. The minimum absolute atomic E-state index is 0.00925. The summed E-state index contributed by atoms with van der Waals surface area (Å²) in [6.07, 6.45) is 2.58. The SMILES string of the molecule is CC(C)(C)OC(=O)NC1CCC(Nc2nc(Cl)c(C#N)cc2F)CC1. The van der Waals surface area contributed by atoms with Crippen molar-refractivity contribution in [3.8, 4) is 6.07 Å². The fourth-order valence-electron chi connectivity index (χ4n) is 2.70. The monoisotopic (exact) mass is 368 g/mol. The van der Waals surface area contributed by atoms with Crippen LogP contribution in [0.5, 0.6) is 0 Å². The van der Waals surface area contributed by atoms with Gasteiger partial charge in [0.05, 0.1) is 5.56 Å². The fraction of sp³-hybridized carbons (Fsp3) is 0.588. The molecular weight excluding hydrogens is 347 g/mol. The first-order valence-corrected chi connectivity index (χ1v) is 8.58. The quantitative estimate of drug-likeness (QED) is 0.787. The van der Waals surface area contributed by atoms with Gasteiger partial charge in [-0.1, -0.05) is 11.6 Å². The largest absolute Gasteiger partial charge is 0.444 e. The van der Waals surface area contributed by atoms with E-state index in [1.165, 1.54) is 0 Å². The summed E-state index contributed by atoms with van der Waals surface area (Å²) >= 11 is 5.85. The van der Waals surface area contributed by atoms with Gasteiger partial charge in [-0.25, -0.2) is 14.2 Å². The van der Waals surface area contributed by atoms with Gasteiger partial charge in [0.25, 0.3) is 0 Å². The Morgan fingerprint density at radius 2 is 1.96 bits per heavy atom. The van der Waals surface area contributed by atoms with E-state index in [9.17, 15) is 9.18 Å². The van der Waals surface area contributed by atoms with Crippen molar-refractivity contribution in [3.63, 3.8) is 0 Å². The molecule has 1 aliphatic carbocycles. The third-order valence-electron chi connectivity index (χ3n) is 3.84. The highest BCUT2D eigenvalue weighted by atomic mass is 35.5. The first kappa shape index (κ1) is 19.3. The second kappa shape index (κ2) is 7.87. The van der Waals surface area contributed by atoms with E-state index in [4.69, 9.17) is 21.6 Å². The van der Waals surface area contributed by atoms with Crippen molar-refractivity contribution < 1.29 is 13.9 Å². The lowest BCUT2D eigenvalue weighted by molar-refractivity contribution is 0.0492. The molecule has 1 amide bonds. The average molecular weight is 369 g/mol. The molecule has 0 spiro atoms. The van der Waals surface area contributed by atoms with Gasteiger partial charge in [0.15, 0.2) is 11.6 Å². The lowest BCUT2D eigenvalue weighted by Crippen LogP contribution is -2.42. The number of nitrogens with zero attached hydrogens (tertiary/aromatic N) is 2. The molecule has 0 bridgehead atoms. The second-order valence-corrected chi connectivity index (χ2v) is 7.47. The molecule has 25 heavy (non-hydrogen) atoms. The highest BCUT2D eigenvalue weighted by Gasteiger charge is 2.25. The highest BCUT2D eigenvalue weighted by molar-refractivity contribution is 6.30. The Hall–Kier alpha value is -2.07. The van der Waals surface area contributed by atoms with E-state index < -0.39 is 17.5 Å². The third kappa shape index (κ3) is 5.75. The van der Waals surface area contributed by atoms with Crippen LogP contribution in [0.4, 0.5) is 15.0 Å². The van der Waals surface area contributed by atoms with Crippen LogP contribution in [0.25, 0.3) is 0 Å². The van der Waals surface area contributed by atoms with Crippen molar-refractivity contribution >= 4 is 23.5 Å². The second-order valence-electron chi connectivity index (χ2n) is 7.11. The van der Waals surface area contributed by atoms with E-state index in [1.807, 2.05) is 20.8 Å². The molecule has 1 heterocycles. The first-order valence-electron chi connectivity index (χ1n) is 8.20. The van der Waals surface area contributed by atoms with Crippen molar-refractivity contribution in [1.29, 1.82) is 5.26 Å². The van der Waals surface area contributed by atoms with Crippen LogP contribution in [0.2, 0.25) is 5.15 Å². The standard InChI is InChI=1S/C17H22ClFN4O2/c1-17(2,3)25-16(24)22-12-6-4-11(5-7-12)21-15-13(19)8-10(9-20)14(18)23-15/h8,11-12H,4-7H2,1-3H3,(H,21,23)(H,22,24). The molecule has 0 unspecified atom stereocenters. The maximum Gasteiger partial charge on any atom is 0.407 e. The van der Waals surface area contributed by atoms with Crippen LogP contribution in [0, 0.1) is 17.1 Å². The molecule has 136 valence electrons. The van der Waals surface area contributed by atoms with Crippen LogP contribution >= 0.6 is 11.6 Å². The lowest BCUT2D eigenvalue weighted by Gasteiger charge is -2.30. The number of pyridine rings is 1. The molecule has 1 fully saturated rings. The van der Waals surface area contributed by atoms with Gasteiger partial charge in [-0.05, 0) is 52.5 Å². The van der Waals surface area contributed by atoms with Crippen LogP contribution < -0.4 is 10.6 Å². The number of amides is 1. The highest BCUT2D eigenvalue weighted by Crippen LogP contribution is 2.25. The summed E-state index contributed by atoms with van der Waals surface area (Å²) < 4.78 is 19.2. The zero-order valence-electron chi connectivity index (χ0n) is 14.5. The molecule has 0 aromatic carbocycles. The smallest absolute Gasteiger partial charge is 0.407 e. The Morgan fingerprint density at radius 1 is 1.36 bits per heavy atom. The summed E-state index contributed by atoms with van der Waals surface area (Å²) in [5.41, 5.74) is -0.518. The zero-order chi connectivity index (χ0) is 18.6. The number of alkyl carbamates (subject to hydrolysis) is 1. The number of halogens is 2. The van der Waals surface area contributed by atoms with E-state index in [1.54, 1.807) is 6.07 Å². The van der Waals surface area contributed by atoms with Crippen molar-refractivity contribution in [2.45, 2.75) is 64.1 Å². The van der Waals surface area contributed by atoms with Gasteiger partial charge in [0.2, 0.25) is 0 Å². The number of ether oxygens (including phenoxy) is 1. The maximum atomic E-state index is 14.0. The van der Waals surface area contributed by atoms with Crippen LogP contribution in [0.1, 0.15) is 52.0 Å². The summed E-state index contributed by atoms with van der Waals surface area (Å²) in [4.78, 5) is 15.7. The summed E-state index contributed by atoms with van der Waals surface area (Å²) in [5, 5.41) is 14.7. The van der Waals surface area contributed by atoms with Crippen LogP contribution in [0.3, 0.4) is 0 Å². The molecule has 1 aromatic rings. The number of carbonyl (C=O) groups excluding carboxylic acids is 1. The van der Waals surface area contributed by atoms with E-state index in [2.05, 4.69) is 15.6 Å². The van der Waals surface area contributed by atoms with E-state index >= 15 is 0 Å². The molecule has 0 aliphatic heterocycles. The van der Waals surface area contributed by atoms with Gasteiger partial charge in [-0.3, -0.25) is 0 Å². The molecule has 0 saturated heterocycles. The lowest BCUT2D eigenvalue weighted by atomic mass is 9.91. The molecular formula is C17H22ClFN4O2. The average Bonchev–Trinajstić information content (AvgIpc) is 2.50. The predicted octanol–water partition coefficient (Wildman–Crippen LogP) is 3.99. The summed E-state index contributed by atoms with van der Waals surface area (Å²) in [6.45, 7) is 5.45. The number of carbonyl (C=O) groups is 1. The Morgan fingerprint density at radius 3 is 2.52 bits per heavy atom. The maximum absolute atomic E-state index is 14.0. The minimum atomic E-state index is -0.602. The van der Waals surface area contributed by atoms with Gasteiger partial charge in [0, 0.05) is 12.1 Å².